The largest absolute Gasteiger partial charge is 0.481 e. The fraction of sp³-hybridized carbons (Fsp3) is 0.333. The maximum Gasteiger partial charge on any atom is 0.307 e. The summed E-state index contributed by atoms with van der Waals surface area (Å²) in [5, 5.41) is 8.48. The van der Waals surface area contributed by atoms with Crippen LogP contribution in [-0.2, 0) is 11.2 Å². The molecule has 0 radical (unpaired) electrons. The molecule has 1 heterocycles. The number of aliphatic carboxylic acids is 1. The number of carbonyl (C=O) groups is 1. The highest BCUT2D eigenvalue weighted by Crippen LogP contribution is 2.23. The lowest BCUT2D eigenvalue weighted by Crippen LogP contribution is -2.07. The molecular weight excluding hydrogens is 211 g/mol. The lowest BCUT2D eigenvalue weighted by molar-refractivity contribution is -0.136. The molecule has 0 aliphatic heterocycles. The van der Waals surface area contributed by atoms with Gasteiger partial charge in [-0.05, 0) is 18.6 Å². The molecule has 0 bridgehead atoms. The molecule has 0 aliphatic rings. The Hall–Kier alpha value is -1.59. The van der Waals surface area contributed by atoms with Crippen LogP contribution in [0.25, 0.3) is 0 Å². The molecule has 1 aromatic heterocycles. The predicted molar refractivity (Wildman–Crippen MR) is 45.2 cm³/mol. The first kappa shape index (κ1) is 11.5. The summed E-state index contributed by atoms with van der Waals surface area (Å²) >= 11 is 0. The van der Waals surface area contributed by atoms with E-state index in [1.54, 1.807) is 0 Å². The summed E-state index contributed by atoms with van der Waals surface area (Å²) in [5.74, 6) is -2.43. The number of carboxylic acid groups (broad SMARTS) is 1. The predicted octanol–water partition coefficient (Wildman–Crippen LogP) is 2.09. The van der Waals surface area contributed by atoms with E-state index < -0.39 is 30.3 Å². The number of halogens is 3. The monoisotopic (exact) mass is 219 g/mol. The fourth-order valence-electron chi connectivity index (χ4n) is 1.13. The minimum Gasteiger partial charge on any atom is -0.481 e. The number of nitrogens with zero attached hydrogens (tertiary/aromatic N) is 1. The molecule has 82 valence electrons. The third-order valence-electron chi connectivity index (χ3n) is 1.88. The van der Waals surface area contributed by atoms with Gasteiger partial charge in [-0.2, -0.15) is 4.39 Å². The van der Waals surface area contributed by atoms with Gasteiger partial charge in [-0.1, -0.05) is 0 Å². The highest BCUT2D eigenvalue weighted by molar-refractivity contribution is 5.70. The minimum absolute atomic E-state index is 0.0965. The lowest BCUT2D eigenvalue weighted by atomic mass is 10.1. The molecular formula is C9H8F3NO2. The minimum atomic E-state index is -2.99. The Morgan fingerprint density at radius 3 is 2.67 bits per heavy atom. The SMILES string of the molecule is Cc1nc(F)c(C(F)F)cc1CC(=O)O. The van der Waals surface area contributed by atoms with Gasteiger partial charge in [0.25, 0.3) is 6.43 Å². The summed E-state index contributed by atoms with van der Waals surface area (Å²) < 4.78 is 37.4. The molecule has 0 aliphatic carbocycles. The highest BCUT2D eigenvalue weighted by Gasteiger charge is 2.18. The van der Waals surface area contributed by atoms with E-state index in [9.17, 15) is 18.0 Å². The van der Waals surface area contributed by atoms with Gasteiger partial charge in [0.1, 0.15) is 0 Å². The molecule has 0 fully saturated rings. The molecule has 3 nitrogen and oxygen atoms in total. The summed E-state index contributed by atoms with van der Waals surface area (Å²) in [6.07, 6.45) is -3.44. The van der Waals surface area contributed by atoms with E-state index in [2.05, 4.69) is 4.98 Å². The molecule has 1 N–H and O–H groups in total. The zero-order chi connectivity index (χ0) is 11.6. The van der Waals surface area contributed by atoms with Crippen LogP contribution in [0.15, 0.2) is 6.07 Å². The van der Waals surface area contributed by atoms with Gasteiger partial charge >= 0.3 is 5.97 Å². The number of pyridine rings is 1. The Balaban J connectivity index is 3.17. The molecule has 0 unspecified atom stereocenters. The molecule has 6 heteroatoms. The number of hydrogen-bond acceptors (Lipinski definition) is 2. The number of aromatic nitrogens is 1. The second-order valence-corrected chi connectivity index (χ2v) is 2.98. The fourth-order valence-corrected chi connectivity index (χ4v) is 1.13. The summed E-state index contributed by atoms with van der Waals surface area (Å²) in [6.45, 7) is 1.37. The van der Waals surface area contributed by atoms with Crippen LogP contribution in [-0.4, -0.2) is 16.1 Å². The first-order chi connectivity index (χ1) is 6.91. The van der Waals surface area contributed by atoms with Gasteiger partial charge in [-0.3, -0.25) is 4.79 Å². The number of rotatable bonds is 3. The van der Waals surface area contributed by atoms with Crippen LogP contribution < -0.4 is 0 Å². The van der Waals surface area contributed by atoms with E-state index in [4.69, 9.17) is 5.11 Å². The Morgan fingerprint density at radius 2 is 2.20 bits per heavy atom. The normalized spacial score (nSPS) is 10.7. The average molecular weight is 219 g/mol. The maximum absolute atomic E-state index is 12.9. The van der Waals surface area contributed by atoms with Gasteiger partial charge in [-0.25, -0.2) is 13.8 Å². The van der Waals surface area contributed by atoms with Crippen molar-refractivity contribution >= 4 is 5.97 Å². The van der Waals surface area contributed by atoms with Crippen molar-refractivity contribution in [1.29, 1.82) is 0 Å². The summed E-state index contributed by atoms with van der Waals surface area (Å²) in [4.78, 5) is 13.6. The van der Waals surface area contributed by atoms with Crippen molar-refractivity contribution in [2.75, 3.05) is 0 Å². The van der Waals surface area contributed by atoms with Gasteiger partial charge in [0, 0.05) is 5.69 Å². The van der Waals surface area contributed by atoms with E-state index in [-0.39, 0.29) is 11.3 Å². The summed E-state index contributed by atoms with van der Waals surface area (Å²) in [5.41, 5.74) is -0.657. The van der Waals surface area contributed by atoms with Crippen molar-refractivity contribution < 1.29 is 23.1 Å². The van der Waals surface area contributed by atoms with E-state index in [0.717, 1.165) is 6.07 Å². The van der Waals surface area contributed by atoms with Crippen LogP contribution in [0.2, 0.25) is 0 Å². The van der Waals surface area contributed by atoms with Gasteiger partial charge in [-0.15, -0.1) is 0 Å². The summed E-state index contributed by atoms with van der Waals surface area (Å²) in [6, 6.07) is 0.844. The molecule has 0 saturated heterocycles. The van der Waals surface area contributed by atoms with Crippen molar-refractivity contribution in [1.82, 2.24) is 4.98 Å². The number of alkyl halides is 2. The average Bonchev–Trinajstić information content (AvgIpc) is 2.08. The number of hydrogen-bond donors (Lipinski definition) is 1. The lowest BCUT2D eigenvalue weighted by Gasteiger charge is -2.06. The Bertz CT molecular complexity index is 393. The van der Waals surface area contributed by atoms with Crippen molar-refractivity contribution in [2.45, 2.75) is 19.8 Å². The van der Waals surface area contributed by atoms with Crippen LogP contribution >= 0.6 is 0 Å². The summed E-state index contributed by atoms with van der Waals surface area (Å²) in [7, 11) is 0. The molecule has 0 saturated carbocycles. The molecule has 0 amide bonds. The van der Waals surface area contributed by atoms with Gasteiger partial charge in [0.05, 0.1) is 12.0 Å². The van der Waals surface area contributed by atoms with Crippen molar-refractivity contribution in [3.05, 3.63) is 28.8 Å². The first-order valence-electron chi connectivity index (χ1n) is 4.07. The van der Waals surface area contributed by atoms with Crippen molar-refractivity contribution in [2.24, 2.45) is 0 Å². The van der Waals surface area contributed by atoms with Crippen LogP contribution in [0, 0.1) is 12.9 Å². The topological polar surface area (TPSA) is 50.2 Å². The third-order valence-corrected chi connectivity index (χ3v) is 1.88. The zero-order valence-electron chi connectivity index (χ0n) is 7.80. The van der Waals surface area contributed by atoms with Crippen LogP contribution in [0.3, 0.4) is 0 Å². The number of carboxylic acids is 1. The highest BCUT2D eigenvalue weighted by atomic mass is 19.3. The molecule has 15 heavy (non-hydrogen) atoms. The Morgan fingerprint density at radius 1 is 1.60 bits per heavy atom. The third kappa shape index (κ3) is 2.68. The van der Waals surface area contributed by atoms with E-state index >= 15 is 0 Å². The van der Waals surface area contributed by atoms with E-state index in [1.165, 1.54) is 6.92 Å². The molecule has 0 aromatic carbocycles. The van der Waals surface area contributed by atoms with Crippen LogP contribution in [0.1, 0.15) is 23.2 Å². The Kier molecular flexibility index (Phi) is 3.28. The van der Waals surface area contributed by atoms with Crippen LogP contribution in [0.5, 0.6) is 0 Å². The van der Waals surface area contributed by atoms with Crippen molar-refractivity contribution in [3.8, 4) is 0 Å². The molecule has 1 rings (SSSR count). The second-order valence-electron chi connectivity index (χ2n) is 2.98. The van der Waals surface area contributed by atoms with E-state index in [0.29, 0.717) is 0 Å². The maximum atomic E-state index is 12.9. The standard InChI is InChI=1S/C9H8F3NO2/c1-4-5(3-7(14)15)2-6(8(10)11)9(12)13-4/h2,8H,3H2,1H3,(H,14,15). The smallest absolute Gasteiger partial charge is 0.307 e. The molecule has 0 atom stereocenters. The second kappa shape index (κ2) is 4.29. The number of aryl methyl sites for hydroxylation is 1. The van der Waals surface area contributed by atoms with Gasteiger partial charge in [0.2, 0.25) is 5.95 Å². The molecule has 0 spiro atoms. The van der Waals surface area contributed by atoms with Crippen molar-refractivity contribution in [3.63, 3.8) is 0 Å². The van der Waals surface area contributed by atoms with E-state index in [1.807, 2.05) is 0 Å². The van der Waals surface area contributed by atoms with Gasteiger partial charge < -0.3 is 5.11 Å². The Labute approximate surface area is 83.6 Å². The van der Waals surface area contributed by atoms with Gasteiger partial charge in [0.15, 0.2) is 0 Å². The quantitative estimate of drug-likeness (QED) is 0.792. The zero-order valence-corrected chi connectivity index (χ0v) is 7.80. The first-order valence-corrected chi connectivity index (χ1v) is 4.07. The molecule has 1 aromatic rings. The van der Waals surface area contributed by atoms with Crippen LogP contribution in [0.4, 0.5) is 13.2 Å².